The molecule has 33 heavy (non-hydrogen) atoms. The second-order valence-corrected chi connectivity index (χ2v) is 8.51. The standard InChI is InChI=1S/C19H32N6O7S/c1-9(26)14(18(30)25-15(10(2)27)19(31)32)24-17(29)13(6-11-7-21-8-22-11)23-16(28)12(20)4-5-33-3/h7-10,12-15,26-27H,4-6,20H2,1-3H3,(H,21,22)(H,23,28)(H,24,29)(H,25,30)(H,31,32). The summed E-state index contributed by atoms with van der Waals surface area (Å²) in [5.74, 6) is -3.24. The van der Waals surface area contributed by atoms with Crippen LogP contribution in [-0.4, -0.2) is 97.4 Å². The molecule has 0 aromatic carbocycles. The summed E-state index contributed by atoms with van der Waals surface area (Å²) in [6.45, 7) is 2.40. The fourth-order valence-electron chi connectivity index (χ4n) is 2.77. The van der Waals surface area contributed by atoms with Gasteiger partial charge in [0.2, 0.25) is 17.7 Å². The number of aromatic amines is 1. The largest absolute Gasteiger partial charge is 0.480 e. The molecule has 0 saturated heterocycles. The van der Waals surface area contributed by atoms with Crippen LogP contribution in [0.5, 0.6) is 0 Å². The van der Waals surface area contributed by atoms with Gasteiger partial charge < -0.3 is 42.0 Å². The second-order valence-electron chi connectivity index (χ2n) is 7.52. The second kappa shape index (κ2) is 13.8. The number of carboxylic acids is 1. The number of thioether (sulfide) groups is 1. The molecule has 0 spiro atoms. The molecule has 0 bridgehead atoms. The lowest BCUT2D eigenvalue weighted by Gasteiger charge is -2.27. The zero-order chi connectivity index (χ0) is 25.1. The predicted octanol–water partition coefficient (Wildman–Crippen LogP) is -2.67. The summed E-state index contributed by atoms with van der Waals surface area (Å²) in [5, 5.41) is 35.7. The lowest BCUT2D eigenvalue weighted by molar-refractivity contribution is -0.146. The van der Waals surface area contributed by atoms with Crippen LogP contribution in [-0.2, 0) is 25.6 Å². The number of carbonyl (C=O) groups is 4. The van der Waals surface area contributed by atoms with Crippen LogP contribution in [0.3, 0.4) is 0 Å². The van der Waals surface area contributed by atoms with Gasteiger partial charge in [0, 0.05) is 18.3 Å². The molecule has 0 saturated carbocycles. The quantitative estimate of drug-likeness (QED) is 0.136. The number of hydrogen-bond donors (Lipinski definition) is 8. The zero-order valence-electron chi connectivity index (χ0n) is 18.6. The van der Waals surface area contributed by atoms with Crippen LogP contribution in [0.2, 0.25) is 0 Å². The smallest absolute Gasteiger partial charge is 0.328 e. The van der Waals surface area contributed by atoms with Crippen molar-refractivity contribution in [3.05, 3.63) is 18.2 Å². The zero-order valence-corrected chi connectivity index (χ0v) is 19.5. The van der Waals surface area contributed by atoms with Crippen LogP contribution in [0.1, 0.15) is 26.0 Å². The Balaban J connectivity index is 2.99. The number of rotatable bonds is 14. The van der Waals surface area contributed by atoms with E-state index >= 15 is 0 Å². The van der Waals surface area contributed by atoms with Crippen molar-refractivity contribution in [2.24, 2.45) is 5.73 Å². The van der Waals surface area contributed by atoms with Gasteiger partial charge in [0.05, 0.1) is 24.6 Å². The van der Waals surface area contributed by atoms with E-state index in [-0.39, 0.29) is 6.42 Å². The lowest BCUT2D eigenvalue weighted by Crippen LogP contribution is -2.61. The number of amides is 3. The van der Waals surface area contributed by atoms with Gasteiger partial charge in [-0.3, -0.25) is 14.4 Å². The van der Waals surface area contributed by atoms with Gasteiger partial charge in [-0.2, -0.15) is 11.8 Å². The van der Waals surface area contributed by atoms with Crippen LogP contribution >= 0.6 is 11.8 Å². The van der Waals surface area contributed by atoms with Crippen LogP contribution in [0.4, 0.5) is 0 Å². The first kappa shape index (κ1) is 28.4. The van der Waals surface area contributed by atoms with E-state index in [0.717, 1.165) is 0 Å². The molecule has 1 aromatic rings. The first-order valence-corrected chi connectivity index (χ1v) is 11.6. The highest BCUT2D eigenvalue weighted by atomic mass is 32.2. The molecule has 186 valence electrons. The van der Waals surface area contributed by atoms with Gasteiger partial charge in [0.15, 0.2) is 6.04 Å². The Hall–Kier alpha value is -2.68. The van der Waals surface area contributed by atoms with Crippen molar-refractivity contribution in [1.29, 1.82) is 0 Å². The van der Waals surface area contributed by atoms with E-state index in [1.54, 1.807) is 0 Å². The van der Waals surface area contributed by atoms with E-state index in [9.17, 15) is 29.4 Å². The number of aromatic nitrogens is 2. The van der Waals surface area contributed by atoms with E-state index in [4.69, 9.17) is 10.8 Å². The summed E-state index contributed by atoms with van der Waals surface area (Å²) < 4.78 is 0. The number of hydrogen-bond acceptors (Lipinski definition) is 9. The van der Waals surface area contributed by atoms with Crippen molar-refractivity contribution in [3.63, 3.8) is 0 Å². The molecule has 0 radical (unpaired) electrons. The predicted molar refractivity (Wildman–Crippen MR) is 120 cm³/mol. The SMILES string of the molecule is CSCCC(N)C(=O)NC(Cc1cnc[nH]1)C(=O)NC(C(=O)NC(C(=O)O)C(C)O)C(C)O. The van der Waals surface area contributed by atoms with Crippen LogP contribution < -0.4 is 21.7 Å². The van der Waals surface area contributed by atoms with E-state index in [2.05, 4.69) is 25.9 Å². The fourth-order valence-corrected chi connectivity index (χ4v) is 3.26. The minimum Gasteiger partial charge on any atom is -0.480 e. The molecule has 9 N–H and O–H groups in total. The van der Waals surface area contributed by atoms with E-state index in [0.29, 0.717) is 17.9 Å². The van der Waals surface area contributed by atoms with Gasteiger partial charge in [-0.15, -0.1) is 0 Å². The molecule has 0 aliphatic heterocycles. The molecule has 1 aromatic heterocycles. The third-order valence-corrected chi connectivity index (χ3v) is 5.33. The van der Waals surface area contributed by atoms with Crippen molar-refractivity contribution in [2.75, 3.05) is 12.0 Å². The molecule has 0 aliphatic carbocycles. The maximum Gasteiger partial charge on any atom is 0.328 e. The number of carbonyl (C=O) groups excluding carboxylic acids is 3. The summed E-state index contributed by atoms with van der Waals surface area (Å²) in [4.78, 5) is 55.9. The Labute approximate surface area is 195 Å². The van der Waals surface area contributed by atoms with Gasteiger partial charge in [0.25, 0.3) is 0 Å². The molecule has 6 unspecified atom stereocenters. The number of nitrogens with two attached hydrogens (primary N) is 1. The minimum absolute atomic E-state index is 0.00754. The number of H-pyrrole nitrogens is 1. The average molecular weight is 489 g/mol. The van der Waals surface area contributed by atoms with Crippen molar-refractivity contribution in [3.8, 4) is 0 Å². The normalized spacial score (nSPS) is 16.5. The van der Waals surface area contributed by atoms with Crippen LogP contribution in [0.25, 0.3) is 0 Å². The maximum absolute atomic E-state index is 13.0. The molecule has 14 heteroatoms. The number of carboxylic acid groups (broad SMARTS) is 1. The first-order valence-electron chi connectivity index (χ1n) is 10.2. The highest BCUT2D eigenvalue weighted by Crippen LogP contribution is 2.05. The highest BCUT2D eigenvalue weighted by molar-refractivity contribution is 7.98. The molecule has 13 nitrogen and oxygen atoms in total. The lowest BCUT2D eigenvalue weighted by atomic mass is 10.1. The summed E-state index contributed by atoms with van der Waals surface area (Å²) in [7, 11) is 0. The first-order chi connectivity index (χ1) is 15.5. The van der Waals surface area contributed by atoms with E-state index < -0.39 is 60.1 Å². The van der Waals surface area contributed by atoms with Crippen molar-refractivity contribution in [1.82, 2.24) is 25.9 Å². The number of aliphatic carboxylic acids is 1. The van der Waals surface area contributed by atoms with Crippen molar-refractivity contribution < 1.29 is 34.5 Å². The molecule has 3 amide bonds. The Morgan fingerprint density at radius 2 is 1.67 bits per heavy atom. The molecule has 0 fully saturated rings. The molecular weight excluding hydrogens is 456 g/mol. The molecule has 1 rings (SSSR count). The van der Waals surface area contributed by atoms with Gasteiger partial charge >= 0.3 is 5.97 Å². The van der Waals surface area contributed by atoms with Gasteiger partial charge in [-0.05, 0) is 32.3 Å². The number of aliphatic hydroxyl groups is 2. The topological polar surface area (TPSA) is 220 Å². The molecule has 1 heterocycles. The number of nitrogens with one attached hydrogen (secondary N) is 4. The number of imidazole rings is 1. The number of nitrogens with zero attached hydrogens (tertiary/aromatic N) is 1. The van der Waals surface area contributed by atoms with E-state index in [1.807, 2.05) is 6.26 Å². The Bertz CT molecular complexity index is 790. The Morgan fingerprint density at radius 3 is 2.15 bits per heavy atom. The van der Waals surface area contributed by atoms with Gasteiger partial charge in [0.1, 0.15) is 12.1 Å². The van der Waals surface area contributed by atoms with Crippen LogP contribution in [0.15, 0.2) is 12.5 Å². The molecule has 6 atom stereocenters. The third-order valence-electron chi connectivity index (χ3n) is 4.69. The molecule has 0 aliphatic rings. The fraction of sp³-hybridized carbons (Fsp3) is 0.632. The minimum atomic E-state index is -1.65. The Morgan fingerprint density at radius 1 is 1.06 bits per heavy atom. The van der Waals surface area contributed by atoms with Gasteiger partial charge in [-0.1, -0.05) is 0 Å². The maximum atomic E-state index is 13.0. The summed E-state index contributed by atoms with van der Waals surface area (Å²) in [6.07, 6.45) is 2.26. The van der Waals surface area contributed by atoms with Gasteiger partial charge in [-0.25, -0.2) is 9.78 Å². The van der Waals surface area contributed by atoms with Crippen molar-refractivity contribution in [2.45, 2.75) is 63.1 Å². The average Bonchev–Trinajstić information content (AvgIpc) is 3.25. The molecular formula is C19H32N6O7S. The highest BCUT2D eigenvalue weighted by Gasteiger charge is 2.34. The van der Waals surface area contributed by atoms with E-state index in [1.165, 1.54) is 38.1 Å². The monoisotopic (exact) mass is 488 g/mol. The third kappa shape index (κ3) is 9.37. The summed E-state index contributed by atoms with van der Waals surface area (Å²) >= 11 is 1.52. The van der Waals surface area contributed by atoms with Crippen molar-refractivity contribution >= 4 is 35.5 Å². The summed E-state index contributed by atoms with van der Waals surface area (Å²) in [6, 6.07) is -5.22. The number of aliphatic hydroxyl groups excluding tert-OH is 2. The van der Waals surface area contributed by atoms with Crippen LogP contribution in [0, 0.1) is 0 Å². The summed E-state index contributed by atoms with van der Waals surface area (Å²) in [5.41, 5.74) is 6.39. The Kier molecular flexibility index (Phi) is 11.8.